The lowest BCUT2D eigenvalue weighted by molar-refractivity contribution is 0.114. The average molecular weight is 310 g/mol. The van der Waals surface area contributed by atoms with E-state index in [-0.39, 0.29) is 0 Å². The zero-order valence-electron chi connectivity index (χ0n) is 13.3. The van der Waals surface area contributed by atoms with Crippen molar-refractivity contribution in [3.8, 4) is 0 Å². The van der Waals surface area contributed by atoms with E-state index in [1.54, 1.807) is 11.3 Å². The first kappa shape index (κ1) is 16.2. The molecule has 0 spiro atoms. The van der Waals surface area contributed by atoms with Gasteiger partial charge in [-0.05, 0) is 27.2 Å². The van der Waals surface area contributed by atoms with Crippen molar-refractivity contribution < 1.29 is 4.74 Å². The van der Waals surface area contributed by atoms with Crippen LogP contribution in [0.2, 0.25) is 0 Å². The second-order valence-electron chi connectivity index (χ2n) is 5.29. The molecule has 118 valence electrons. The molecule has 6 heteroatoms. The molecule has 1 saturated heterocycles. The van der Waals surface area contributed by atoms with Crippen molar-refractivity contribution in [2.45, 2.75) is 33.7 Å². The molecule has 0 bridgehead atoms. The third-order valence-electron chi connectivity index (χ3n) is 3.51. The molecule has 0 aliphatic carbocycles. The lowest BCUT2D eigenvalue weighted by Crippen LogP contribution is -2.40. The molecule has 5 nitrogen and oxygen atoms in total. The van der Waals surface area contributed by atoms with E-state index in [1.807, 2.05) is 13.1 Å². The first-order valence-electron chi connectivity index (χ1n) is 7.75. The normalized spacial score (nSPS) is 19.3. The molecule has 0 radical (unpaired) electrons. The smallest absolute Gasteiger partial charge is 0.194 e. The highest BCUT2D eigenvalue weighted by Crippen LogP contribution is 2.17. The molecule has 2 heterocycles. The van der Waals surface area contributed by atoms with Crippen molar-refractivity contribution >= 4 is 17.3 Å². The van der Waals surface area contributed by atoms with E-state index in [1.165, 1.54) is 11.3 Å². The maximum atomic E-state index is 5.54. The van der Waals surface area contributed by atoms with E-state index in [0.29, 0.717) is 12.5 Å². The fourth-order valence-electron chi connectivity index (χ4n) is 2.49. The third kappa shape index (κ3) is 4.97. The number of aryl methyl sites for hydroxylation is 1. The van der Waals surface area contributed by atoms with Gasteiger partial charge in [0.15, 0.2) is 5.96 Å². The number of nitrogens with one attached hydrogen (secondary N) is 1. The summed E-state index contributed by atoms with van der Waals surface area (Å²) in [7, 11) is 0. The number of hydrogen-bond acceptors (Lipinski definition) is 4. The molecule has 1 aliphatic heterocycles. The van der Waals surface area contributed by atoms with Crippen LogP contribution in [-0.4, -0.2) is 48.7 Å². The summed E-state index contributed by atoms with van der Waals surface area (Å²) in [5.41, 5.74) is 0. The van der Waals surface area contributed by atoms with Gasteiger partial charge in [-0.15, -0.1) is 11.3 Å². The Labute approximate surface area is 131 Å². The van der Waals surface area contributed by atoms with Crippen molar-refractivity contribution in [3.05, 3.63) is 16.1 Å². The van der Waals surface area contributed by atoms with Crippen LogP contribution in [0.15, 0.2) is 11.2 Å². The number of thiazole rings is 1. The second kappa shape index (κ2) is 8.34. The molecular weight excluding hydrogens is 284 g/mol. The Hall–Kier alpha value is -1.14. The number of ether oxygens (including phenoxy) is 1. The monoisotopic (exact) mass is 310 g/mol. The molecule has 0 saturated carbocycles. The van der Waals surface area contributed by atoms with E-state index in [2.05, 4.69) is 29.0 Å². The SMILES string of the molecule is CCNC(=NCc1ncc(C)s1)N1CCC(COCC)C1. The van der Waals surface area contributed by atoms with Crippen LogP contribution in [0.4, 0.5) is 0 Å². The van der Waals surface area contributed by atoms with Gasteiger partial charge in [0.1, 0.15) is 5.01 Å². The summed E-state index contributed by atoms with van der Waals surface area (Å²) in [4.78, 5) is 12.7. The summed E-state index contributed by atoms with van der Waals surface area (Å²) >= 11 is 1.72. The standard InChI is InChI=1S/C15H26N4OS/c1-4-16-15(18-9-14-17-8-12(3)21-14)19-7-6-13(10-19)11-20-5-2/h8,13H,4-7,9-11H2,1-3H3,(H,16,18). The maximum absolute atomic E-state index is 5.54. The number of rotatable bonds is 6. The molecule has 1 aromatic rings. The van der Waals surface area contributed by atoms with Crippen LogP contribution in [0.3, 0.4) is 0 Å². The minimum atomic E-state index is 0.621. The van der Waals surface area contributed by atoms with E-state index < -0.39 is 0 Å². The predicted molar refractivity (Wildman–Crippen MR) is 87.8 cm³/mol. The van der Waals surface area contributed by atoms with Crippen molar-refractivity contribution in [2.75, 3.05) is 32.8 Å². The first-order chi connectivity index (χ1) is 10.2. The summed E-state index contributed by atoms with van der Waals surface area (Å²) < 4.78 is 5.54. The van der Waals surface area contributed by atoms with Gasteiger partial charge in [0, 0.05) is 43.2 Å². The Bertz CT molecular complexity index is 460. The molecule has 1 atom stereocenters. The number of guanidine groups is 1. The van der Waals surface area contributed by atoms with Crippen molar-refractivity contribution in [2.24, 2.45) is 10.9 Å². The lowest BCUT2D eigenvalue weighted by atomic mass is 10.1. The van der Waals surface area contributed by atoms with E-state index >= 15 is 0 Å². The van der Waals surface area contributed by atoms with Gasteiger partial charge in [-0.2, -0.15) is 0 Å². The number of aromatic nitrogens is 1. The fourth-order valence-corrected chi connectivity index (χ4v) is 3.20. The Morgan fingerprint density at radius 3 is 3.10 bits per heavy atom. The minimum absolute atomic E-state index is 0.621. The Kier molecular flexibility index (Phi) is 6.45. The van der Waals surface area contributed by atoms with E-state index in [0.717, 1.165) is 43.8 Å². The highest BCUT2D eigenvalue weighted by Gasteiger charge is 2.24. The highest BCUT2D eigenvalue weighted by atomic mass is 32.1. The van der Waals surface area contributed by atoms with Gasteiger partial charge < -0.3 is 15.0 Å². The molecule has 0 aromatic carbocycles. The molecule has 1 fully saturated rings. The van der Waals surface area contributed by atoms with E-state index in [4.69, 9.17) is 9.73 Å². The van der Waals surface area contributed by atoms with Crippen LogP contribution < -0.4 is 5.32 Å². The Morgan fingerprint density at radius 1 is 1.57 bits per heavy atom. The van der Waals surface area contributed by atoms with Gasteiger partial charge in [0.05, 0.1) is 13.2 Å². The van der Waals surface area contributed by atoms with Gasteiger partial charge >= 0.3 is 0 Å². The quantitative estimate of drug-likeness (QED) is 0.647. The second-order valence-corrected chi connectivity index (χ2v) is 6.61. The number of hydrogen-bond donors (Lipinski definition) is 1. The van der Waals surface area contributed by atoms with Gasteiger partial charge in [0.25, 0.3) is 0 Å². The molecule has 2 rings (SSSR count). The lowest BCUT2D eigenvalue weighted by Gasteiger charge is -2.21. The molecule has 1 aromatic heterocycles. The highest BCUT2D eigenvalue weighted by molar-refractivity contribution is 7.11. The molecule has 1 unspecified atom stereocenters. The molecule has 1 aliphatic rings. The minimum Gasteiger partial charge on any atom is -0.381 e. The summed E-state index contributed by atoms with van der Waals surface area (Å²) in [6.07, 6.45) is 3.09. The van der Waals surface area contributed by atoms with Crippen LogP contribution in [0.1, 0.15) is 30.2 Å². The number of aliphatic imine (C=N–C) groups is 1. The molecular formula is C15H26N4OS. The van der Waals surface area contributed by atoms with Crippen molar-refractivity contribution in [1.29, 1.82) is 0 Å². The topological polar surface area (TPSA) is 49.8 Å². The number of nitrogens with zero attached hydrogens (tertiary/aromatic N) is 3. The van der Waals surface area contributed by atoms with Gasteiger partial charge in [0.2, 0.25) is 0 Å². The fraction of sp³-hybridized carbons (Fsp3) is 0.733. The Morgan fingerprint density at radius 2 is 2.43 bits per heavy atom. The van der Waals surface area contributed by atoms with Gasteiger partial charge in [-0.25, -0.2) is 9.98 Å². The van der Waals surface area contributed by atoms with Crippen molar-refractivity contribution in [3.63, 3.8) is 0 Å². The summed E-state index contributed by atoms with van der Waals surface area (Å²) in [6, 6.07) is 0. The van der Waals surface area contributed by atoms with Crippen LogP contribution in [0, 0.1) is 12.8 Å². The van der Waals surface area contributed by atoms with E-state index in [9.17, 15) is 0 Å². The molecule has 21 heavy (non-hydrogen) atoms. The molecule has 0 amide bonds. The third-order valence-corrected chi connectivity index (χ3v) is 4.41. The first-order valence-corrected chi connectivity index (χ1v) is 8.56. The van der Waals surface area contributed by atoms with Crippen LogP contribution in [0.5, 0.6) is 0 Å². The summed E-state index contributed by atoms with van der Waals surface area (Å²) in [5, 5.41) is 4.47. The number of likely N-dealkylation sites (tertiary alicyclic amines) is 1. The zero-order chi connectivity index (χ0) is 15.1. The van der Waals surface area contributed by atoms with Gasteiger partial charge in [-0.3, -0.25) is 0 Å². The predicted octanol–water partition coefficient (Wildman–Crippen LogP) is 2.28. The van der Waals surface area contributed by atoms with Gasteiger partial charge in [-0.1, -0.05) is 0 Å². The summed E-state index contributed by atoms with van der Waals surface area (Å²) in [5.74, 6) is 1.63. The molecule has 1 N–H and O–H groups in total. The average Bonchev–Trinajstić information content (AvgIpc) is 3.10. The maximum Gasteiger partial charge on any atom is 0.194 e. The van der Waals surface area contributed by atoms with Crippen LogP contribution in [0.25, 0.3) is 0 Å². The van der Waals surface area contributed by atoms with Crippen molar-refractivity contribution in [1.82, 2.24) is 15.2 Å². The zero-order valence-corrected chi connectivity index (χ0v) is 14.1. The van der Waals surface area contributed by atoms with Crippen LogP contribution in [-0.2, 0) is 11.3 Å². The van der Waals surface area contributed by atoms with Crippen LogP contribution >= 0.6 is 11.3 Å². The summed E-state index contributed by atoms with van der Waals surface area (Å²) in [6.45, 7) is 11.5. The Balaban J connectivity index is 1.92. The largest absolute Gasteiger partial charge is 0.381 e.